The highest BCUT2D eigenvalue weighted by molar-refractivity contribution is 7.10. The summed E-state index contributed by atoms with van der Waals surface area (Å²) in [6.45, 7) is 0.805. The summed E-state index contributed by atoms with van der Waals surface area (Å²) >= 11 is 1.40. The summed E-state index contributed by atoms with van der Waals surface area (Å²) in [5, 5.41) is 4.50. The number of carbonyl (C=O) groups is 4. The Labute approximate surface area is 159 Å². The van der Waals surface area contributed by atoms with Gasteiger partial charge in [0, 0.05) is 17.4 Å². The molecule has 142 valence electrons. The molecule has 0 aliphatic rings. The number of amides is 3. The molecule has 1 unspecified atom stereocenters. The molecule has 0 saturated carbocycles. The van der Waals surface area contributed by atoms with Crippen molar-refractivity contribution in [1.82, 2.24) is 16.2 Å². The average molecular weight is 389 g/mol. The van der Waals surface area contributed by atoms with E-state index in [1.165, 1.54) is 18.3 Å². The van der Waals surface area contributed by atoms with Crippen LogP contribution >= 0.6 is 11.3 Å². The molecule has 3 N–H and O–H groups in total. The molecule has 1 aromatic carbocycles. The van der Waals surface area contributed by atoms with E-state index in [4.69, 9.17) is 4.74 Å². The van der Waals surface area contributed by atoms with Crippen LogP contribution in [0, 0.1) is 0 Å². The molecule has 0 aliphatic carbocycles. The van der Waals surface area contributed by atoms with Crippen LogP contribution in [0.4, 0.5) is 0 Å². The summed E-state index contributed by atoms with van der Waals surface area (Å²) in [5.74, 6) is -2.09. The van der Waals surface area contributed by atoms with Gasteiger partial charge in [-0.2, -0.15) is 0 Å². The molecule has 3 amide bonds. The predicted molar refractivity (Wildman–Crippen MR) is 98.5 cm³/mol. The predicted octanol–water partition coefficient (Wildman–Crippen LogP) is 1.32. The van der Waals surface area contributed by atoms with Gasteiger partial charge in [-0.3, -0.25) is 30.0 Å². The highest BCUT2D eigenvalue weighted by Crippen LogP contribution is 2.22. The van der Waals surface area contributed by atoms with Gasteiger partial charge in [-0.05, 0) is 23.6 Å². The molecule has 9 heteroatoms. The second-order valence-electron chi connectivity index (χ2n) is 5.50. The Morgan fingerprint density at radius 3 is 2.41 bits per heavy atom. The number of hydrogen-bond donors (Lipinski definition) is 3. The summed E-state index contributed by atoms with van der Waals surface area (Å²) in [4.78, 5) is 47.6. The minimum absolute atomic E-state index is 0.107. The topological polar surface area (TPSA) is 114 Å². The largest absolute Gasteiger partial charge is 0.455 e. The Morgan fingerprint density at radius 1 is 1.04 bits per heavy atom. The van der Waals surface area contributed by atoms with Crippen molar-refractivity contribution in [3.63, 3.8) is 0 Å². The fourth-order valence-electron chi connectivity index (χ4n) is 2.15. The summed E-state index contributed by atoms with van der Waals surface area (Å²) in [6.07, 6.45) is -0.107. The molecule has 0 bridgehead atoms. The second kappa shape index (κ2) is 10.1. The average Bonchev–Trinajstić information content (AvgIpc) is 3.19. The van der Waals surface area contributed by atoms with E-state index in [0.717, 1.165) is 4.88 Å². The first-order valence-electron chi connectivity index (χ1n) is 8.06. The van der Waals surface area contributed by atoms with Gasteiger partial charge in [-0.1, -0.05) is 24.3 Å². The highest BCUT2D eigenvalue weighted by atomic mass is 32.1. The third kappa shape index (κ3) is 6.90. The van der Waals surface area contributed by atoms with Crippen molar-refractivity contribution >= 4 is 35.0 Å². The molecule has 0 saturated heterocycles. The van der Waals surface area contributed by atoms with Crippen molar-refractivity contribution in [3.8, 4) is 0 Å². The maximum absolute atomic E-state index is 12.0. The Morgan fingerprint density at radius 2 is 1.78 bits per heavy atom. The zero-order valence-corrected chi connectivity index (χ0v) is 15.4. The number of nitrogens with one attached hydrogen (secondary N) is 3. The van der Waals surface area contributed by atoms with Crippen LogP contribution in [-0.4, -0.2) is 30.3 Å². The molecule has 1 aromatic heterocycles. The lowest BCUT2D eigenvalue weighted by molar-refractivity contribution is -0.149. The van der Waals surface area contributed by atoms with E-state index in [-0.39, 0.29) is 12.3 Å². The first-order chi connectivity index (χ1) is 13.0. The minimum atomic E-state index is -0.681. The molecule has 2 rings (SSSR count). The minimum Gasteiger partial charge on any atom is -0.455 e. The van der Waals surface area contributed by atoms with Crippen molar-refractivity contribution in [2.75, 3.05) is 6.61 Å². The Bertz CT molecular complexity index is 793. The summed E-state index contributed by atoms with van der Waals surface area (Å²) in [6, 6.07) is 11.4. The Hall–Kier alpha value is -3.20. The first kappa shape index (κ1) is 20.1. The van der Waals surface area contributed by atoms with E-state index >= 15 is 0 Å². The van der Waals surface area contributed by atoms with Gasteiger partial charge in [0.15, 0.2) is 6.61 Å². The van der Waals surface area contributed by atoms with Crippen molar-refractivity contribution in [3.05, 3.63) is 58.3 Å². The maximum Gasteiger partial charge on any atom is 0.308 e. The second-order valence-corrected chi connectivity index (χ2v) is 6.48. The Kier molecular flexibility index (Phi) is 7.50. The van der Waals surface area contributed by atoms with Crippen LogP contribution in [0.2, 0.25) is 0 Å². The van der Waals surface area contributed by atoms with Gasteiger partial charge < -0.3 is 10.1 Å². The lowest BCUT2D eigenvalue weighted by Crippen LogP contribution is -2.43. The number of rotatable bonds is 7. The zero-order valence-electron chi connectivity index (χ0n) is 14.6. The zero-order chi connectivity index (χ0) is 19.6. The van der Waals surface area contributed by atoms with Crippen molar-refractivity contribution in [2.24, 2.45) is 0 Å². The van der Waals surface area contributed by atoms with Gasteiger partial charge in [-0.15, -0.1) is 11.3 Å². The number of hydrogen-bond acceptors (Lipinski definition) is 6. The van der Waals surface area contributed by atoms with Gasteiger partial charge >= 0.3 is 5.97 Å². The quantitative estimate of drug-likeness (QED) is 0.488. The van der Waals surface area contributed by atoms with E-state index in [1.807, 2.05) is 11.4 Å². The molecule has 1 atom stereocenters. The maximum atomic E-state index is 12.0. The molecule has 0 spiro atoms. The molecule has 2 aromatic rings. The number of ether oxygens (including phenoxy) is 1. The molecular formula is C18H19N3O5S. The lowest BCUT2D eigenvalue weighted by atomic mass is 10.1. The van der Waals surface area contributed by atoms with Gasteiger partial charge in [-0.25, -0.2) is 0 Å². The fraction of sp³-hybridized carbons (Fsp3) is 0.222. The van der Waals surface area contributed by atoms with E-state index in [0.29, 0.717) is 5.56 Å². The molecule has 0 radical (unpaired) electrons. The van der Waals surface area contributed by atoms with Crippen LogP contribution in [0.3, 0.4) is 0 Å². The van der Waals surface area contributed by atoms with Gasteiger partial charge in [0.2, 0.25) is 5.91 Å². The summed E-state index contributed by atoms with van der Waals surface area (Å²) in [7, 11) is 0. The number of thiophene rings is 1. The molecule has 8 nitrogen and oxygen atoms in total. The highest BCUT2D eigenvalue weighted by Gasteiger charge is 2.19. The van der Waals surface area contributed by atoms with Crippen LogP contribution in [0.15, 0.2) is 47.8 Å². The third-order valence-corrected chi connectivity index (χ3v) is 4.34. The van der Waals surface area contributed by atoms with Crippen LogP contribution in [-0.2, 0) is 19.1 Å². The van der Waals surface area contributed by atoms with Crippen LogP contribution in [0.5, 0.6) is 0 Å². The number of carbonyl (C=O) groups excluding carboxylic acids is 4. The van der Waals surface area contributed by atoms with Crippen molar-refractivity contribution in [1.29, 1.82) is 0 Å². The molecule has 27 heavy (non-hydrogen) atoms. The number of benzene rings is 1. The van der Waals surface area contributed by atoms with Gasteiger partial charge in [0.25, 0.3) is 11.8 Å². The Balaban J connectivity index is 1.76. The van der Waals surface area contributed by atoms with E-state index in [9.17, 15) is 19.2 Å². The van der Waals surface area contributed by atoms with E-state index < -0.39 is 30.4 Å². The van der Waals surface area contributed by atoms with Crippen molar-refractivity contribution in [2.45, 2.75) is 19.4 Å². The normalized spacial score (nSPS) is 11.1. The van der Waals surface area contributed by atoms with Crippen LogP contribution < -0.4 is 16.2 Å². The summed E-state index contributed by atoms with van der Waals surface area (Å²) in [5.41, 5.74) is 4.77. The van der Waals surface area contributed by atoms with Crippen LogP contribution in [0.1, 0.15) is 34.6 Å². The van der Waals surface area contributed by atoms with Crippen molar-refractivity contribution < 1.29 is 23.9 Å². The van der Waals surface area contributed by atoms with E-state index in [1.54, 1.807) is 36.4 Å². The third-order valence-electron chi connectivity index (χ3n) is 3.35. The molecule has 0 fully saturated rings. The monoisotopic (exact) mass is 389 g/mol. The molecular weight excluding hydrogens is 370 g/mol. The number of hydrazine groups is 1. The molecule has 1 heterocycles. The van der Waals surface area contributed by atoms with E-state index in [2.05, 4.69) is 16.2 Å². The van der Waals surface area contributed by atoms with Gasteiger partial charge in [0.05, 0.1) is 12.5 Å². The van der Waals surface area contributed by atoms with Gasteiger partial charge in [0.1, 0.15) is 0 Å². The fourth-order valence-corrected chi connectivity index (χ4v) is 2.93. The summed E-state index contributed by atoms with van der Waals surface area (Å²) < 4.78 is 4.90. The molecule has 0 aliphatic heterocycles. The number of esters is 1. The first-order valence-corrected chi connectivity index (χ1v) is 8.94. The van der Waals surface area contributed by atoms with Crippen LogP contribution in [0.25, 0.3) is 0 Å². The smallest absolute Gasteiger partial charge is 0.308 e. The standard InChI is InChI=1S/C18H19N3O5S/c1-12(22)19-14(15-8-5-9-27-15)10-17(24)26-11-16(23)20-21-18(25)13-6-3-2-4-7-13/h2-9,14H,10-11H2,1H3,(H,19,22)(H,20,23)(H,21,25). The lowest BCUT2D eigenvalue weighted by Gasteiger charge is -2.15. The SMILES string of the molecule is CC(=O)NC(CC(=O)OCC(=O)NNC(=O)c1ccccc1)c1cccs1.